The molecule has 34 heavy (non-hydrogen) atoms. The van der Waals surface area contributed by atoms with E-state index in [4.69, 9.17) is 20.2 Å². The number of nitrogens with zero attached hydrogens (tertiary/aromatic N) is 4. The van der Waals surface area contributed by atoms with Crippen LogP contribution in [0.2, 0.25) is 0 Å². The van der Waals surface area contributed by atoms with Gasteiger partial charge in [0.15, 0.2) is 28.5 Å². The van der Waals surface area contributed by atoms with Crippen LogP contribution in [0.5, 0.6) is 11.5 Å². The molecule has 3 N–H and O–H groups in total. The molecule has 4 heterocycles. The maximum atomic E-state index is 14.1. The number of nitrogen functional groups attached to an aromatic ring is 1. The minimum Gasteiger partial charge on any atom is -0.486 e. The fourth-order valence-corrected chi connectivity index (χ4v) is 4.88. The number of thiophene rings is 1. The first-order valence-corrected chi connectivity index (χ1v) is 12.2. The average Bonchev–Trinajstić information content (AvgIpc) is 3.45. The second-order valence-electron chi connectivity index (χ2n) is 8.63. The molecule has 0 saturated heterocycles. The molecule has 1 aliphatic rings. The lowest BCUT2D eigenvalue weighted by Gasteiger charge is -2.21. The second-order valence-corrected chi connectivity index (χ2v) is 9.58. The number of nitrogens with one attached hydrogen (secondary N) is 1. The highest BCUT2D eigenvalue weighted by Crippen LogP contribution is 2.40. The zero-order chi connectivity index (χ0) is 23.7. The number of hydrogen-bond acceptors (Lipinski definition) is 8. The van der Waals surface area contributed by atoms with Crippen molar-refractivity contribution in [2.24, 2.45) is 5.92 Å². The van der Waals surface area contributed by atoms with E-state index in [2.05, 4.69) is 35.2 Å². The van der Waals surface area contributed by atoms with E-state index < -0.39 is 6.08 Å². The highest BCUT2D eigenvalue weighted by atomic mass is 32.1. The Hall–Kier alpha value is -3.24. The van der Waals surface area contributed by atoms with Gasteiger partial charge in [-0.1, -0.05) is 19.9 Å². The van der Waals surface area contributed by atoms with Gasteiger partial charge in [-0.15, -0.1) is 11.3 Å². The van der Waals surface area contributed by atoms with Gasteiger partial charge in [0.1, 0.15) is 19.0 Å². The van der Waals surface area contributed by atoms with Gasteiger partial charge in [0.05, 0.1) is 0 Å². The molecule has 0 amide bonds. The smallest absolute Gasteiger partial charge is 0.312 e. The molecule has 10 heteroatoms. The van der Waals surface area contributed by atoms with Crippen molar-refractivity contribution in [1.29, 1.82) is 0 Å². The number of fused-ring (bicyclic) bond motifs is 2. The Morgan fingerprint density at radius 2 is 1.97 bits per heavy atom. The second kappa shape index (κ2) is 9.55. The number of halogens is 1. The largest absolute Gasteiger partial charge is 0.486 e. The molecule has 5 rings (SSSR count). The molecule has 0 saturated carbocycles. The van der Waals surface area contributed by atoms with Gasteiger partial charge in [0.25, 0.3) is 0 Å². The van der Waals surface area contributed by atoms with Crippen LogP contribution in [0, 0.1) is 12.0 Å². The average molecular weight is 483 g/mol. The van der Waals surface area contributed by atoms with E-state index in [9.17, 15) is 4.39 Å². The van der Waals surface area contributed by atoms with Crippen molar-refractivity contribution in [1.82, 2.24) is 24.8 Å². The molecule has 0 fully saturated rings. The van der Waals surface area contributed by atoms with Crippen molar-refractivity contribution in [3.8, 4) is 21.9 Å². The molecule has 0 atom stereocenters. The molecule has 3 aromatic heterocycles. The number of hydrogen-bond donors (Lipinski definition) is 2. The van der Waals surface area contributed by atoms with Crippen molar-refractivity contribution in [3.05, 3.63) is 47.1 Å². The van der Waals surface area contributed by atoms with E-state index in [-0.39, 0.29) is 5.82 Å². The summed E-state index contributed by atoms with van der Waals surface area (Å²) < 4.78 is 27.7. The molecule has 4 aromatic rings. The fourth-order valence-electron chi connectivity index (χ4n) is 4.10. The van der Waals surface area contributed by atoms with Crippen molar-refractivity contribution in [2.45, 2.75) is 26.8 Å². The SMILES string of the molecule is CC(C)CNCCn1c(Cc2cc3c(cc2-c2cccs2)OCCO3)nc2c(N)nc(F)nc21. The van der Waals surface area contributed by atoms with Crippen LogP contribution in [0.25, 0.3) is 21.6 Å². The summed E-state index contributed by atoms with van der Waals surface area (Å²) >= 11 is 1.66. The van der Waals surface area contributed by atoms with Gasteiger partial charge >= 0.3 is 6.08 Å². The van der Waals surface area contributed by atoms with E-state index >= 15 is 0 Å². The van der Waals surface area contributed by atoms with Gasteiger partial charge in [-0.2, -0.15) is 14.4 Å². The van der Waals surface area contributed by atoms with Gasteiger partial charge in [0, 0.05) is 24.4 Å². The molecule has 0 bridgehead atoms. The molecular formula is C24H27FN6O2S. The number of ether oxygens (including phenoxy) is 2. The quantitative estimate of drug-likeness (QED) is 0.290. The van der Waals surface area contributed by atoms with E-state index in [1.54, 1.807) is 11.3 Å². The number of nitrogens with two attached hydrogens (primary N) is 1. The third-order valence-electron chi connectivity index (χ3n) is 5.64. The van der Waals surface area contributed by atoms with Crippen LogP contribution in [0.4, 0.5) is 10.2 Å². The Kier molecular flexibility index (Phi) is 6.34. The summed E-state index contributed by atoms with van der Waals surface area (Å²) in [5, 5.41) is 5.48. The number of anilines is 1. The Balaban J connectivity index is 1.57. The number of rotatable bonds is 8. The molecule has 1 aliphatic heterocycles. The summed E-state index contributed by atoms with van der Waals surface area (Å²) in [4.78, 5) is 13.6. The van der Waals surface area contributed by atoms with Crippen LogP contribution in [-0.4, -0.2) is 45.8 Å². The van der Waals surface area contributed by atoms with Gasteiger partial charge in [-0.05, 0) is 47.2 Å². The van der Waals surface area contributed by atoms with Crippen molar-refractivity contribution >= 4 is 28.3 Å². The van der Waals surface area contributed by atoms with Crippen LogP contribution >= 0.6 is 11.3 Å². The summed E-state index contributed by atoms with van der Waals surface area (Å²) in [5.41, 5.74) is 8.91. The molecule has 8 nitrogen and oxygen atoms in total. The Morgan fingerprint density at radius 1 is 1.18 bits per heavy atom. The maximum absolute atomic E-state index is 14.1. The Morgan fingerprint density at radius 3 is 2.71 bits per heavy atom. The highest BCUT2D eigenvalue weighted by molar-refractivity contribution is 7.13. The first-order valence-electron chi connectivity index (χ1n) is 11.3. The standard InChI is InChI=1S/C24H27FN6O2S/c1-14(2)13-27-5-6-31-20(28-21-22(26)29-24(25)30-23(21)31)11-15-10-17-18(33-8-7-32-17)12-16(15)19-4-3-9-34-19/h3-4,9-10,12,14,27H,5-8,11,13H2,1-2H3,(H2,26,29,30). The molecule has 178 valence electrons. The summed E-state index contributed by atoms with van der Waals surface area (Å²) in [7, 11) is 0. The van der Waals surface area contributed by atoms with Gasteiger partial charge in [-0.25, -0.2) is 4.98 Å². The minimum absolute atomic E-state index is 0.0401. The van der Waals surface area contributed by atoms with E-state index in [1.807, 2.05) is 28.1 Å². The fraction of sp³-hybridized carbons (Fsp3) is 0.375. The Bertz CT molecular complexity index is 1310. The first-order chi connectivity index (χ1) is 16.5. The molecular weight excluding hydrogens is 455 g/mol. The molecule has 0 aliphatic carbocycles. The minimum atomic E-state index is -0.855. The number of imidazole rings is 1. The predicted octanol–water partition coefficient (Wildman–Crippen LogP) is 3.88. The van der Waals surface area contributed by atoms with E-state index in [1.165, 1.54) is 0 Å². The van der Waals surface area contributed by atoms with Gasteiger partial charge in [-0.3, -0.25) is 0 Å². The maximum Gasteiger partial charge on any atom is 0.312 e. The molecule has 0 spiro atoms. The van der Waals surface area contributed by atoms with Crippen LogP contribution in [0.15, 0.2) is 29.6 Å². The van der Waals surface area contributed by atoms with Crippen LogP contribution in [-0.2, 0) is 13.0 Å². The number of benzene rings is 1. The normalized spacial score (nSPS) is 13.2. The third kappa shape index (κ3) is 4.55. The van der Waals surface area contributed by atoms with Crippen LogP contribution < -0.4 is 20.5 Å². The lowest BCUT2D eigenvalue weighted by Crippen LogP contribution is -2.25. The summed E-state index contributed by atoms with van der Waals surface area (Å²) in [5.74, 6) is 2.76. The summed E-state index contributed by atoms with van der Waals surface area (Å²) in [6.45, 7) is 7.51. The number of aromatic nitrogens is 4. The van der Waals surface area contributed by atoms with Gasteiger partial charge < -0.3 is 25.1 Å². The first kappa shape index (κ1) is 22.5. The Labute approximate surface area is 201 Å². The third-order valence-corrected chi connectivity index (χ3v) is 6.54. The van der Waals surface area contributed by atoms with Gasteiger partial charge in [0.2, 0.25) is 0 Å². The highest BCUT2D eigenvalue weighted by Gasteiger charge is 2.21. The van der Waals surface area contributed by atoms with Crippen LogP contribution in [0.3, 0.4) is 0 Å². The predicted molar refractivity (Wildman–Crippen MR) is 131 cm³/mol. The molecule has 1 aromatic carbocycles. The topological polar surface area (TPSA) is 100 Å². The lowest BCUT2D eigenvalue weighted by atomic mass is 10.0. The molecule has 0 unspecified atom stereocenters. The zero-order valence-electron chi connectivity index (χ0n) is 19.2. The van der Waals surface area contributed by atoms with Crippen molar-refractivity contribution in [3.63, 3.8) is 0 Å². The summed E-state index contributed by atoms with van der Waals surface area (Å²) in [6.07, 6.45) is -0.364. The van der Waals surface area contributed by atoms with E-state index in [0.29, 0.717) is 55.6 Å². The molecule has 0 radical (unpaired) electrons. The van der Waals surface area contributed by atoms with E-state index in [0.717, 1.165) is 34.1 Å². The van der Waals surface area contributed by atoms with Crippen molar-refractivity contribution in [2.75, 3.05) is 32.0 Å². The summed E-state index contributed by atoms with van der Waals surface area (Å²) in [6, 6.07) is 8.15. The van der Waals surface area contributed by atoms with Crippen molar-refractivity contribution < 1.29 is 13.9 Å². The zero-order valence-corrected chi connectivity index (χ0v) is 20.0. The monoisotopic (exact) mass is 482 g/mol. The van der Waals surface area contributed by atoms with Crippen LogP contribution in [0.1, 0.15) is 25.2 Å². The lowest BCUT2D eigenvalue weighted by molar-refractivity contribution is 0.171.